The summed E-state index contributed by atoms with van der Waals surface area (Å²) in [6, 6.07) is 23.4. The average Bonchev–Trinajstić information content (AvgIpc) is 2.97. The number of nitrogens with zero attached hydrogens (tertiary/aromatic N) is 1. The Morgan fingerprint density at radius 2 is 1.58 bits per heavy atom. The van der Waals surface area contributed by atoms with Gasteiger partial charge in [-0.05, 0) is 109 Å². The van der Waals surface area contributed by atoms with Gasteiger partial charge in [-0.3, -0.25) is 9.69 Å². The molecule has 196 valence electrons. The zero-order valence-electron chi connectivity index (χ0n) is 22.5. The Morgan fingerprint density at radius 3 is 2.32 bits per heavy atom. The summed E-state index contributed by atoms with van der Waals surface area (Å²) in [5.74, 6) is 2.30. The van der Waals surface area contributed by atoms with Crippen molar-refractivity contribution in [3.63, 3.8) is 0 Å². The minimum absolute atomic E-state index is 0.0298. The number of carbonyl (C=O) groups excluding carboxylic acids is 1. The first-order valence-corrected chi connectivity index (χ1v) is 13.3. The van der Waals surface area contributed by atoms with E-state index in [1.807, 2.05) is 79.7 Å². The maximum atomic E-state index is 14.1. The fourth-order valence-corrected chi connectivity index (χ4v) is 5.35. The van der Waals surface area contributed by atoms with Crippen LogP contribution in [0, 0.1) is 6.92 Å². The van der Waals surface area contributed by atoms with Crippen LogP contribution in [0.1, 0.15) is 40.7 Å². The van der Waals surface area contributed by atoms with E-state index in [1.165, 1.54) is 19.3 Å². The molecule has 0 aromatic heterocycles. The van der Waals surface area contributed by atoms with E-state index >= 15 is 0 Å². The molecule has 1 aliphatic rings. The van der Waals surface area contributed by atoms with Gasteiger partial charge in [-0.1, -0.05) is 30.7 Å². The Hall–Kier alpha value is -3.83. The van der Waals surface area contributed by atoms with E-state index in [4.69, 9.17) is 14.2 Å². The quantitative estimate of drug-likeness (QED) is 0.229. The van der Waals surface area contributed by atoms with Crippen LogP contribution in [-0.4, -0.2) is 51.1 Å². The van der Waals surface area contributed by atoms with Gasteiger partial charge >= 0.3 is 0 Å². The van der Waals surface area contributed by atoms with Gasteiger partial charge in [-0.15, -0.1) is 0 Å². The number of ketones is 1. The van der Waals surface area contributed by atoms with Gasteiger partial charge in [0.05, 0.1) is 14.2 Å². The summed E-state index contributed by atoms with van der Waals surface area (Å²) in [6.45, 7) is 5.92. The third-order valence-corrected chi connectivity index (χ3v) is 7.49. The molecule has 38 heavy (non-hydrogen) atoms. The van der Waals surface area contributed by atoms with Crippen LogP contribution in [0.25, 0.3) is 21.9 Å². The molecule has 4 aromatic carbocycles. The first-order chi connectivity index (χ1) is 18.6. The highest BCUT2D eigenvalue weighted by Crippen LogP contribution is 2.37. The molecule has 0 N–H and O–H groups in total. The predicted octanol–water partition coefficient (Wildman–Crippen LogP) is 6.93. The lowest BCUT2D eigenvalue weighted by atomic mass is 9.87. The lowest BCUT2D eigenvalue weighted by Crippen LogP contribution is -2.33. The van der Waals surface area contributed by atoms with Gasteiger partial charge in [0.2, 0.25) is 0 Å². The van der Waals surface area contributed by atoms with Gasteiger partial charge in [0.25, 0.3) is 0 Å². The van der Waals surface area contributed by atoms with Crippen molar-refractivity contribution in [2.75, 3.05) is 40.5 Å². The van der Waals surface area contributed by atoms with E-state index in [0.29, 0.717) is 17.7 Å². The molecule has 0 unspecified atom stereocenters. The van der Waals surface area contributed by atoms with Crippen molar-refractivity contribution < 1.29 is 19.0 Å². The van der Waals surface area contributed by atoms with Crippen molar-refractivity contribution in [2.45, 2.75) is 26.2 Å². The summed E-state index contributed by atoms with van der Waals surface area (Å²) < 4.78 is 17.0. The van der Waals surface area contributed by atoms with Crippen molar-refractivity contribution in [1.82, 2.24) is 4.90 Å². The summed E-state index contributed by atoms with van der Waals surface area (Å²) in [7, 11) is 3.32. The maximum Gasteiger partial charge on any atom is 0.194 e. The molecule has 4 aromatic rings. The van der Waals surface area contributed by atoms with Crippen molar-refractivity contribution in [3.05, 3.63) is 89.5 Å². The van der Waals surface area contributed by atoms with E-state index in [9.17, 15) is 4.79 Å². The van der Waals surface area contributed by atoms with E-state index < -0.39 is 0 Å². The van der Waals surface area contributed by atoms with Gasteiger partial charge in [0, 0.05) is 17.7 Å². The largest absolute Gasteiger partial charge is 0.497 e. The Balaban J connectivity index is 1.47. The Morgan fingerprint density at radius 1 is 0.816 bits per heavy atom. The average molecular weight is 510 g/mol. The van der Waals surface area contributed by atoms with Gasteiger partial charge in [-0.2, -0.15) is 0 Å². The smallest absolute Gasteiger partial charge is 0.194 e. The molecule has 1 saturated heterocycles. The lowest BCUT2D eigenvalue weighted by molar-refractivity contribution is 0.104. The normalized spacial score (nSPS) is 13.9. The van der Waals surface area contributed by atoms with Gasteiger partial charge in [0.15, 0.2) is 5.78 Å². The Kier molecular flexibility index (Phi) is 7.94. The second kappa shape index (κ2) is 11.7. The SMILES string of the molecule is COc1ccc2c(C(=O)c3ccc(OCCN4CCCCC4)cc3)c(-c3cccc(OC)c3C)ccc2c1. The predicted molar refractivity (Wildman–Crippen MR) is 153 cm³/mol. The summed E-state index contributed by atoms with van der Waals surface area (Å²) in [5, 5.41) is 1.84. The number of hydrogen-bond donors (Lipinski definition) is 0. The third kappa shape index (κ3) is 5.39. The zero-order chi connectivity index (χ0) is 26.5. The number of likely N-dealkylation sites (tertiary alicyclic amines) is 1. The molecule has 0 amide bonds. The fourth-order valence-electron chi connectivity index (χ4n) is 5.35. The molecule has 0 spiro atoms. The molecule has 0 saturated carbocycles. The Bertz CT molecular complexity index is 1420. The van der Waals surface area contributed by atoms with E-state index in [1.54, 1.807) is 14.2 Å². The molecule has 1 fully saturated rings. The molecule has 5 rings (SSSR count). The van der Waals surface area contributed by atoms with Crippen molar-refractivity contribution in [1.29, 1.82) is 0 Å². The summed E-state index contributed by atoms with van der Waals surface area (Å²) >= 11 is 0. The molecule has 0 atom stereocenters. The number of methoxy groups -OCH3 is 2. The second-order valence-corrected chi connectivity index (χ2v) is 9.81. The Labute approximate surface area is 224 Å². The summed E-state index contributed by atoms with van der Waals surface area (Å²) in [6.07, 6.45) is 3.88. The van der Waals surface area contributed by atoms with Gasteiger partial charge < -0.3 is 14.2 Å². The first-order valence-electron chi connectivity index (χ1n) is 13.3. The molecule has 0 aliphatic carbocycles. The number of ether oxygens (including phenoxy) is 3. The first kappa shape index (κ1) is 25.8. The second-order valence-electron chi connectivity index (χ2n) is 9.81. The molecule has 5 nitrogen and oxygen atoms in total. The number of rotatable bonds is 9. The number of carbonyl (C=O) groups is 1. The van der Waals surface area contributed by atoms with Crippen molar-refractivity contribution in [2.24, 2.45) is 0 Å². The fraction of sp³-hybridized carbons (Fsp3) is 0.303. The van der Waals surface area contributed by atoms with Crippen LogP contribution < -0.4 is 14.2 Å². The van der Waals surface area contributed by atoms with Crippen LogP contribution in [0.15, 0.2) is 72.8 Å². The minimum atomic E-state index is -0.0298. The standard InChI is InChI=1S/C33H35NO4/c1-23-28(8-7-9-31(23)37-3)30-16-12-25-22-27(36-2)15-17-29(25)32(30)33(35)24-10-13-26(14-11-24)38-21-20-34-18-5-4-6-19-34/h7-17,22H,4-6,18-21H2,1-3H3. The van der Waals surface area contributed by atoms with Crippen molar-refractivity contribution in [3.8, 4) is 28.4 Å². The highest BCUT2D eigenvalue weighted by molar-refractivity contribution is 6.20. The summed E-state index contributed by atoms with van der Waals surface area (Å²) in [4.78, 5) is 16.6. The van der Waals surface area contributed by atoms with E-state index in [-0.39, 0.29) is 5.78 Å². The molecule has 0 bridgehead atoms. The molecule has 1 heterocycles. The monoisotopic (exact) mass is 509 g/mol. The van der Waals surface area contributed by atoms with Crippen LogP contribution in [-0.2, 0) is 0 Å². The topological polar surface area (TPSA) is 48.0 Å². The molecular formula is C33H35NO4. The van der Waals surface area contributed by atoms with Gasteiger partial charge in [0.1, 0.15) is 23.9 Å². The van der Waals surface area contributed by atoms with Crippen LogP contribution >= 0.6 is 0 Å². The zero-order valence-corrected chi connectivity index (χ0v) is 22.5. The van der Waals surface area contributed by atoms with E-state index in [2.05, 4.69) is 4.90 Å². The van der Waals surface area contributed by atoms with Crippen LogP contribution in [0.3, 0.4) is 0 Å². The maximum absolute atomic E-state index is 14.1. The van der Waals surface area contributed by atoms with Gasteiger partial charge in [-0.25, -0.2) is 0 Å². The third-order valence-electron chi connectivity index (χ3n) is 7.49. The molecule has 1 aliphatic heterocycles. The number of hydrogen-bond acceptors (Lipinski definition) is 5. The summed E-state index contributed by atoms with van der Waals surface area (Å²) in [5.41, 5.74) is 4.14. The minimum Gasteiger partial charge on any atom is -0.497 e. The number of benzene rings is 4. The van der Waals surface area contributed by atoms with Crippen molar-refractivity contribution >= 4 is 16.6 Å². The highest BCUT2D eigenvalue weighted by atomic mass is 16.5. The molecule has 5 heteroatoms. The van der Waals surface area contributed by atoms with Crippen LogP contribution in [0.4, 0.5) is 0 Å². The van der Waals surface area contributed by atoms with Crippen LogP contribution in [0.5, 0.6) is 17.2 Å². The van der Waals surface area contributed by atoms with Crippen LogP contribution in [0.2, 0.25) is 0 Å². The highest BCUT2D eigenvalue weighted by Gasteiger charge is 2.21. The molecule has 0 radical (unpaired) electrons. The molecular weight excluding hydrogens is 474 g/mol. The number of fused-ring (bicyclic) bond motifs is 1. The van der Waals surface area contributed by atoms with E-state index in [0.717, 1.165) is 64.3 Å². The lowest BCUT2D eigenvalue weighted by Gasteiger charge is -2.26. The number of piperidine rings is 1.